The van der Waals surface area contributed by atoms with E-state index in [9.17, 15) is 0 Å². The quantitative estimate of drug-likeness (QED) is 0.855. The van der Waals surface area contributed by atoms with Gasteiger partial charge in [-0.2, -0.15) is 15.0 Å². The zero-order chi connectivity index (χ0) is 18.5. The molecule has 1 aromatic heterocycles. The van der Waals surface area contributed by atoms with Gasteiger partial charge in [-0.1, -0.05) is 19.1 Å². The number of benzene rings is 1. The highest BCUT2D eigenvalue weighted by atomic mass is 16.5. The van der Waals surface area contributed by atoms with Crippen LogP contribution in [0.25, 0.3) is 0 Å². The molecule has 3 heterocycles. The summed E-state index contributed by atoms with van der Waals surface area (Å²) in [5, 5.41) is 3.36. The highest BCUT2D eigenvalue weighted by molar-refractivity contribution is 5.57. The maximum atomic E-state index is 5.46. The van der Waals surface area contributed by atoms with Gasteiger partial charge < -0.3 is 24.6 Å². The maximum Gasteiger partial charge on any atom is 0.233 e. The van der Waals surface area contributed by atoms with Crippen molar-refractivity contribution in [3.05, 3.63) is 29.8 Å². The van der Waals surface area contributed by atoms with Crippen molar-refractivity contribution >= 4 is 23.5 Å². The van der Waals surface area contributed by atoms with E-state index < -0.39 is 0 Å². The molecule has 2 aliphatic heterocycles. The molecule has 0 atom stereocenters. The van der Waals surface area contributed by atoms with Crippen molar-refractivity contribution in [1.29, 1.82) is 0 Å². The lowest BCUT2D eigenvalue weighted by Gasteiger charge is -2.30. The molecule has 8 heteroatoms. The molecule has 2 fully saturated rings. The third kappa shape index (κ3) is 4.45. The van der Waals surface area contributed by atoms with E-state index in [1.807, 2.05) is 12.1 Å². The zero-order valence-electron chi connectivity index (χ0n) is 15.7. The second kappa shape index (κ2) is 8.49. The Kier molecular flexibility index (Phi) is 5.64. The summed E-state index contributed by atoms with van der Waals surface area (Å²) in [5.41, 5.74) is 2.26. The summed E-state index contributed by atoms with van der Waals surface area (Å²) in [6.45, 7) is 8.08. The van der Waals surface area contributed by atoms with Crippen molar-refractivity contribution in [2.75, 3.05) is 67.7 Å². The third-order valence-corrected chi connectivity index (χ3v) is 4.79. The van der Waals surface area contributed by atoms with Crippen LogP contribution in [0.2, 0.25) is 0 Å². The molecular weight excluding hydrogens is 344 g/mol. The molecule has 0 radical (unpaired) electrons. The fraction of sp³-hybridized carbons (Fsp3) is 0.526. The van der Waals surface area contributed by atoms with E-state index in [4.69, 9.17) is 14.5 Å². The van der Waals surface area contributed by atoms with E-state index in [1.165, 1.54) is 5.56 Å². The number of hydrogen-bond acceptors (Lipinski definition) is 8. The van der Waals surface area contributed by atoms with Crippen molar-refractivity contribution in [2.24, 2.45) is 0 Å². The summed E-state index contributed by atoms with van der Waals surface area (Å²) in [5.74, 6) is 1.97. The fourth-order valence-corrected chi connectivity index (χ4v) is 3.22. The lowest BCUT2D eigenvalue weighted by atomic mass is 10.1. The fourth-order valence-electron chi connectivity index (χ4n) is 3.22. The summed E-state index contributed by atoms with van der Waals surface area (Å²) in [7, 11) is 0. The Morgan fingerprint density at radius 3 is 2.04 bits per heavy atom. The van der Waals surface area contributed by atoms with E-state index in [0.717, 1.165) is 38.3 Å². The highest BCUT2D eigenvalue weighted by Crippen LogP contribution is 2.21. The Labute approximate surface area is 159 Å². The van der Waals surface area contributed by atoms with Gasteiger partial charge in [-0.15, -0.1) is 0 Å². The number of nitrogens with zero attached hydrogens (tertiary/aromatic N) is 5. The van der Waals surface area contributed by atoms with E-state index >= 15 is 0 Å². The van der Waals surface area contributed by atoms with Crippen molar-refractivity contribution in [1.82, 2.24) is 15.0 Å². The first-order valence-corrected chi connectivity index (χ1v) is 9.59. The lowest BCUT2D eigenvalue weighted by molar-refractivity contribution is 0.121. The molecule has 1 aromatic carbocycles. The van der Waals surface area contributed by atoms with Crippen LogP contribution in [0.5, 0.6) is 0 Å². The van der Waals surface area contributed by atoms with Crippen LogP contribution in [-0.4, -0.2) is 67.6 Å². The number of anilines is 4. The van der Waals surface area contributed by atoms with Gasteiger partial charge in [0, 0.05) is 31.9 Å². The molecule has 8 nitrogen and oxygen atoms in total. The van der Waals surface area contributed by atoms with Crippen molar-refractivity contribution < 1.29 is 9.47 Å². The summed E-state index contributed by atoms with van der Waals surface area (Å²) in [6.07, 6.45) is 0.991. The average Bonchev–Trinajstić information content (AvgIpc) is 2.75. The molecule has 2 aromatic rings. The van der Waals surface area contributed by atoms with Crippen LogP contribution in [0, 0.1) is 0 Å². The molecule has 2 saturated heterocycles. The van der Waals surface area contributed by atoms with Crippen LogP contribution >= 0.6 is 0 Å². The van der Waals surface area contributed by atoms with E-state index in [-0.39, 0.29) is 0 Å². The van der Waals surface area contributed by atoms with Gasteiger partial charge in [0.2, 0.25) is 17.8 Å². The van der Waals surface area contributed by atoms with Gasteiger partial charge in [0.15, 0.2) is 0 Å². The minimum Gasteiger partial charge on any atom is -0.378 e. The third-order valence-electron chi connectivity index (χ3n) is 4.79. The van der Waals surface area contributed by atoms with Crippen molar-refractivity contribution in [2.45, 2.75) is 13.3 Å². The van der Waals surface area contributed by atoms with Crippen LogP contribution in [0.15, 0.2) is 24.3 Å². The van der Waals surface area contributed by atoms with Gasteiger partial charge in [0.1, 0.15) is 0 Å². The molecule has 0 saturated carbocycles. The van der Waals surface area contributed by atoms with Crippen LogP contribution < -0.4 is 15.1 Å². The van der Waals surface area contributed by atoms with E-state index in [1.54, 1.807) is 0 Å². The Morgan fingerprint density at radius 2 is 1.48 bits per heavy atom. The molecule has 2 aliphatic rings. The first-order chi connectivity index (χ1) is 13.3. The molecule has 4 rings (SSSR count). The SMILES string of the molecule is CCc1cccc(Nc2nc(N3CCOCC3)nc(N3CCOCC3)n2)c1. The zero-order valence-corrected chi connectivity index (χ0v) is 15.7. The molecule has 1 N–H and O–H groups in total. The van der Waals surface area contributed by atoms with Gasteiger partial charge >= 0.3 is 0 Å². The van der Waals surface area contributed by atoms with Gasteiger partial charge in [-0.05, 0) is 24.1 Å². The van der Waals surface area contributed by atoms with Gasteiger partial charge in [0.05, 0.1) is 26.4 Å². The van der Waals surface area contributed by atoms with Crippen molar-refractivity contribution in [3.63, 3.8) is 0 Å². The predicted molar refractivity (Wildman–Crippen MR) is 105 cm³/mol. The average molecular weight is 370 g/mol. The lowest BCUT2D eigenvalue weighted by Crippen LogP contribution is -2.40. The molecule has 0 amide bonds. The number of morpholine rings is 2. The van der Waals surface area contributed by atoms with E-state index in [0.29, 0.717) is 44.3 Å². The Hall–Kier alpha value is -2.45. The summed E-state index contributed by atoms with van der Waals surface area (Å²) in [6, 6.07) is 8.34. The highest BCUT2D eigenvalue weighted by Gasteiger charge is 2.20. The minimum absolute atomic E-state index is 0.571. The van der Waals surface area contributed by atoms with E-state index in [2.05, 4.69) is 44.1 Å². The first-order valence-electron chi connectivity index (χ1n) is 9.59. The van der Waals surface area contributed by atoms with Gasteiger partial charge in [-0.25, -0.2) is 0 Å². The smallest absolute Gasteiger partial charge is 0.233 e. The van der Waals surface area contributed by atoms with Gasteiger partial charge in [-0.3, -0.25) is 0 Å². The number of nitrogens with one attached hydrogen (secondary N) is 1. The standard InChI is InChI=1S/C19H26N6O2/c1-2-15-4-3-5-16(14-15)20-17-21-18(24-6-10-26-11-7-24)23-19(22-17)25-8-12-27-13-9-25/h3-5,14H,2,6-13H2,1H3,(H,20,21,22,23). The molecule has 144 valence electrons. The minimum atomic E-state index is 0.571. The molecular formula is C19H26N6O2. The molecule has 0 spiro atoms. The van der Waals surface area contributed by atoms with Crippen LogP contribution in [0.3, 0.4) is 0 Å². The Morgan fingerprint density at radius 1 is 0.889 bits per heavy atom. The number of aromatic nitrogens is 3. The second-order valence-electron chi connectivity index (χ2n) is 6.64. The predicted octanol–water partition coefficient (Wildman–Crippen LogP) is 1.85. The normalized spacial score (nSPS) is 17.8. The monoisotopic (exact) mass is 370 g/mol. The summed E-state index contributed by atoms with van der Waals surface area (Å²) >= 11 is 0. The largest absolute Gasteiger partial charge is 0.378 e. The Bertz CT molecular complexity index is 723. The summed E-state index contributed by atoms with van der Waals surface area (Å²) in [4.78, 5) is 18.4. The maximum absolute atomic E-state index is 5.46. The number of rotatable bonds is 5. The van der Waals surface area contributed by atoms with Gasteiger partial charge in [0.25, 0.3) is 0 Å². The molecule has 0 aliphatic carbocycles. The van der Waals surface area contributed by atoms with Crippen LogP contribution in [-0.2, 0) is 15.9 Å². The number of hydrogen-bond donors (Lipinski definition) is 1. The molecule has 0 unspecified atom stereocenters. The number of aryl methyl sites for hydroxylation is 1. The topological polar surface area (TPSA) is 75.6 Å². The first kappa shape index (κ1) is 17.9. The van der Waals surface area contributed by atoms with Crippen molar-refractivity contribution in [3.8, 4) is 0 Å². The number of ether oxygens (including phenoxy) is 2. The molecule has 0 bridgehead atoms. The van der Waals surface area contributed by atoms with Crippen LogP contribution in [0.4, 0.5) is 23.5 Å². The summed E-state index contributed by atoms with van der Waals surface area (Å²) < 4.78 is 10.9. The van der Waals surface area contributed by atoms with Crippen LogP contribution in [0.1, 0.15) is 12.5 Å². The Balaban J connectivity index is 1.63. The molecule has 27 heavy (non-hydrogen) atoms. The second-order valence-corrected chi connectivity index (χ2v) is 6.64.